The topological polar surface area (TPSA) is 63.8 Å². The van der Waals surface area contributed by atoms with Crippen molar-refractivity contribution in [3.63, 3.8) is 0 Å². The van der Waals surface area contributed by atoms with E-state index in [0.29, 0.717) is 12.2 Å². The molecule has 1 N–H and O–H groups in total. The third kappa shape index (κ3) is 3.19. The van der Waals surface area contributed by atoms with Crippen molar-refractivity contribution in [2.75, 3.05) is 0 Å². The van der Waals surface area contributed by atoms with E-state index in [1.165, 1.54) is 0 Å². The fourth-order valence-corrected chi connectivity index (χ4v) is 2.91. The lowest BCUT2D eigenvalue weighted by atomic mass is 10.1. The molecular formula is C21H18N4O. The summed E-state index contributed by atoms with van der Waals surface area (Å²) in [5, 5.41) is 14.5. The van der Waals surface area contributed by atoms with Crippen LogP contribution in [0, 0.1) is 6.92 Å². The van der Waals surface area contributed by atoms with Crippen LogP contribution in [0.3, 0.4) is 0 Å². The fourth-order valence-electron chi connectivity index (χ4n) is 2.91. The van der Waals surface area contributed by atoms with Gasteiger partial charge in [-0.15, -0.1) is 5.10 Å². The van der Waals surface area contributed by atoms with Crippen molar-refractivity contribution in [1.29, 1.82) is 0 Å². The number of aromatic nitrogens is 4. The third-order valence-corrected chi connectivity index (χ3v) is 4.20. The van der Waals surface area contributed by atoms with E-state index in [2.05, 4.69) is 4.98 Å². The number of aryl methyl sites for hydroxylation is 1. The molecule has 26 heavy (non-hydrogen) atoms. The van der Waals surface area contributed by atoms with Crippen LogP contribution in [-0.4, -0.2) is 24.9 Å². The van der Waals surface area contributed by atoms with Crippen molar-refractivity contribution < 1.29 is 5.11 Å². The number of hydrogen-bond acceptors (Lipinski definition) is 4. The van der Waals surface area contributed by atoms with Gasteiger partial charge in [-0.25, -0.2) is 9.67 Å². The standard InChI is InChI=1S/C21H18N4O/c1-15-14-22-11-10-19(15)25-20(13-16-6-5-9-18(26)12-16)23-21(24-25)17-7-3-2-4-8-17/h2-12,14,26H,13H2,1H3. The molecule has 0 saturated carbocycles. The molecule has 0 bridgehead atoms. The van der Waals surface area contributed by atoms with Crippen LogP contribution in [0.15, 0.2) is 73.1 Å². The Morgan fingerprint density at radius 3 is 2.62 bits per heavy atom. The molecule has 0 spiro atoms. The Morgan fingerprint density at radius 1 is 1.00 bits per heavy atom. The summed E-state index contributed by atoms with van der Waals surface area (Å²) in [6, 6.07) is 19.1. The Bertz CT molecular complexity index is 1040. The minimum atomic E-state index is 0.247. The number of benzene rings is 2. The van der Waals surface area contributed by atoms with Gasteiger partial charge in [-0.3, -0.25) is 4.98 Å². The molecule has 0 unspecified atom stereocenters. The van der Waals surface area contributed by atoms with Crippen LogP contribution in [0.4, 0.5) is 0 Å². The first-order valence-corrected chi connectivity index (χ1v) is 8.41. The van der Waals surface area contributed by atoms with Crippen LogP contribution in [0.5, 0.6) is 5.75 Å². The Hall–Kier alpha value is -3.47. The highest BCUT2D eigenvalue weighted by Crippen LogP contribution is 2.22. The van der Waals surface area contributed by atoms with Crippen LogP contribution in [0.1, 0.15) is 17.0 Å². The Kier molecular flexibility index (Phi) is 4.19. The van der Waals surface area contributed by atoms with Crippen LogP contribution in [-0.2, 0) is 6.42 Å². The van der Waals surface area contributed by atoms with Crippen molar-refractivity contribution in [2.24, 2.45) is 0 Å². The Morgan fingerprint density at radius 2 is 1.85 bits per heavy atom. The van der Waals surface area contributed by atoms with Crippen LogP contribution in [0.25, 0.3) is 17.1 Å². The summed E-state index contributed by atoms with van der Waals surface area (Å²) in [7, 11) is 0. The number of pyridine rings is 1. The minimum absolute atomic E-state index is 0.247. The SMILES string of the molecule is Cc1cnccc1-n1nc(-c2ccccc2)nc1Cc1cccc(O)c1. The first kappa shape index (κ1) is 16.0. The molecule has 0 radical (unpaired) electrons. The lowest BCUT2D eigenvalue weighted by molar-refractivity contribution is 0.474. The molecular weight excluding hydrogens is 324 g/mol. The molecule has 0 aliphatic carbocycles. The normalized spacial score (nSPS) is 10.8. The van der Waals surface area contributed by atoms with E-state index in [4.69, 9.17) is 10.1 Å². The van der Waals surface area contributed by atoms with E-state index < -0.39 is 0 Å². The van der Waals surface area contributed by atoms with E-state index in [-0.39, 0.29) is 5.75 Å². The Balaban J connectivity index is 1.83. The number of aromatic hydroxyl groups is 1. The second-order valence-electron chi connectivity index (χ2n) is 6.14. The number of phenolic OH excluding ortho intramolecular Hbond substituents is 1. The zero-order valence-corrected chi connectivity index (χ0v) is 14.4. The quantitative estimate of drug-likeness (QED) is 0.610. The van der Waals surface area contributed by atoms with Gasteiger partial charge in [0.15, 0.2) is 5.82 Å². The molecule has 0 amide bonds. The van der Waals surface area contributed by atoms with Gasteiger partial charge in [-0.2, -0.15) is 0 Å². The largest absolute Gasteiger partial charge is 0.508 e. The average Bonchev–Trinajstić information content (AvgIpc) is 3.06. The summed E-state index contributed by atoms with van der Waals surface area (Å²) >= 11 is 0. The molecule has 0 fully saturated rings. The molecule has 5 nitrogen and oxygen atoms in total. The van der Waals surface area contributed by atoms with Crippen molar-refractivity contribution in [2.45, 2.75) is 13.3 Å². The van der Waals surface area contributed by atoms with Crippen LogP contribution >= 0.6 is 0 Å². The highest BCUT2D eigenvalue weighted by atomic mass is 16.3. The van der Waals surface area contributed by atoms with Crippen molar-refractivity contribution in [1.82, 2.24) is 19.7 Å². The van der Waals surface area contributed by atoms with Crippen LogP contribution < -0.4 is 0 Å². The Labute approximate surface area is 151 Å². The monoisotopic (exact) mass is 342 g/mol. The molecule has 2 aromatic heterocycles. The second-order valence-corrected chi connectivity index (χ2v) is 6.14. The van der Waals surface area contributed by atoms with E-state index in [1.807, 2.05) is 66.3 Å². The van der Waals surface area contributed by atoms with E-state index in [9.17, 15) is 5.11 Å². The molecule has 0 saturated heterocycles. The average molecular weight is 342 g/mol. The summed E-state index contributed by atoms with van der Waals surface area (Å²) in [6.45, 7) is 2.00. The van der Waals surface area contributed by atoms with Crippen molar-refractivity contribution in [3.8, 4) is 22.8 Å². The molecule has 4 aromatic rings. The lowest BCUT2D eigenvalue weighted by Gasteiger charge is -2.08. The second kappa shape index (κ2) is 6.80. The van der Waals surface area contributed by atoms with Gasteiger partial charge in [-0.05, 0) is 36.2 Å². The van der Waals surface area contributed by atoms with E-state index in [1.54, 1.807) is 18.3 Å². The van der Waals surface area contributed by atoms with Gasteiger partial charge in [0.05, 0.1) is 5.69 Å². The molecule has 0 aliphatic heterocycles. The van der Waals surface area contributed by atoms with Gasteiger partial charge in [0.25, 0.3) is 0 Å². The summed E-state index contributed by atoms with van der Waals surface area (Å²) in [5.74, 6) is 1.73. The highest BCUT2D eigenvalue weighted by molar-refractivity contribution is 5.55. The predicted molar refractivity (Wildman–Crippen MR) is 100 cm³/mol. The zero-order valence-electron chi connectivity index (χ0n) is 14.4. The third-order valence-electron chi connectivity index (χ3n) is 4.20. The first-order valence-electron chi connectivity index (χ1n) is 8.41. The maximum absolute atomic E-state index is 9.75. The smallest absolute Gasteiger partial charge is 0.181 e. The molecule has 128 valence electrons. The maximum Gasteiger partial charge on any atom is 0.181 e. The van der Waals surface area contributed by atoms with Gasteiger partial charge in [-0.1, -0.05) is 42.5 Å². The summed E-state index contributed by atoms with van der Waals surface area (Å²) < 4.78 is 1.86. The number of rotatable bonds is 4. The van der Waals surface area contributed by atoms with Gasteiger partial charge in [0.1, 0.15) is 11.6 Å². The van der Waals surface area contributed by atoms with Gasteiger partial charge >= 0.3 is 0 Å². The van der Waals surface area contributed by atoms with Gasteiger partial charge < -0.3 is 5.11 Å². The van der Waals surface area contributed by atoms with Crippen molar-refractivity contribution >= 4 is 0 Å². The number of nitrogens with zero attached hydrogens (tertiary/aromatic N) is 4. The van der Waals surface area contributed by atoms with E-state index >= 15 is 0 Å². The molecule has 0 aliphatic rings. The molecule has 2 aromatic carbocycles. The fraction of sp³-hybridized carbons (Fsp3) is 0.0952. The van der Waals surface area contributed by atoms with E-state index in [0.717, 1.165) is 28.2 Å². The molecule has 4 rings (SSSR count). The molecule has 2 heterocycles. The number of hydrogen-bond donors (Lipinski definition) is 1. The number of phenols is 1. The van der Waals surface area contributed by atoms with Gasteiger partial charge in [0, 0.05) is 24.4 Å². The summed E-state index contributed by atoms with van der Waals surface area (Å²) in [6.07, 6.45) is 4.14. The van der Waals surface area contributed by atoms with Gasteiger partial charge in [0.2, 0.25) is 0 Å². The molecule has 5 heteroatoms. The highest BCUT2D eigenvalue weighted by Gasteiger charge is 2.15. The zero-order chi connectivity index (χ0) is 17.9. The summed E-state index contributed by atoms with van der Waals surface area (Å²) in [4.78, 5) is 8.94. The summed E-state index contributed by atoms with van der Waals surface area (Å²) in [5.41, 5.74) is 3.92. The molecule has 0 atom stereocenters. The maximum atomic E-state index is 9.75. The first-order chi connectivity index (χ1) is 12.7. The van der Waals surface area contributed by atoms with Crippen molar-refractivity contribution in [3.05, 3.63) is 90.0 Å². The van der Waals surface area contributed by atoms with Crippen LogP contribution in [0.2, 0.25) is 0 Å². The predicted octanol–water partition coefficient (Wildman–Crippen LogP) is 3.93. The lowest BCUT2D eigenvalue weighted by Crippen LogP contribution is -2.06. The minimum Gasteiger partial charge on any atom is -0.508 e.